The Morgan fingerprint density at radius 1 is 1.26 bits per heavy atom. The predicted molar refractivity (Wildman–Crippen MR) is 88.0 cm³/mol. The zero-order chi connectivity index (χ0) is 16.4. The van der Waals surface area contributed by atoms with Gasteiger partial charge in [0.15, 0.2) is 5.76 Å². The first-order chi connectivity index (χ1) is 11.0. The van der Waals surface area contributed by atoms with Gasteiger partial charge < -0.3 is 9.42 Å². The summed E-state index contributed by atoms with van der Waals surface area (Å²) >= 11 is 0. The molecular weight excluding hydrogens is 292 g/mol. The van der Waals surface area contributed by atoms with Gasteiger partial charge in [-0.3, -0.25) is 14.6 Å². The molecule has 0 bridgehead atoms. The maximum Gasteiger partial charge on any atom is 0.240 e. The normalized spacial score (nSPS) is 24.6. The number of hydrogen-bond donors (Lipinski definition) is 0. The average Bonchev–Trinajstić information content (AvgIpc) is 2.93. The summed E-state index contributed by atoms with van der Waals surface area (Å²) in [6.45, 7) is 11.7. The lowest BCUT2D eigenvalue weighted by molar-refractivity contribution is -0.143. The van der Waals surface area contributed by atoms with Crippen LogP contribution in [0.3, 0.4) is 0 Å². The number of carbonyl (C=O) groups is 1. The Morgan fingerprint density at radius 2 is 2.00 bits per heavy atom. The molecule has 128 valence electrons. The number of piperidine rings is 1. The first-order valence-corrected chi connectivity index (χ1v) is 8.73. The summed E-state index contributed by atoms with van der Waals surface area (Å²) in [5.41, 5.74) is 0.931. The lowest BCUT2D eigenvalue weighted by Crippen LogP contribution is -2.58. The highest BCUT2D eigenvalue weighted by atomic mass is 16.5. The van der Waals surface area contributed by atoms with E-state index in [1.165, 1.54) is 0 Å². The fourth-order valence-electron chi connectivity index (χ4n) is 3.68. The van der Waals surface area contributed by atoms with Gasteiger partial charge in [0.05, 0.1) is 18.3 Å². The molecule has 6 nitrogen and oxygen atoms in total. The van der Waals surface area contributed by atoms with E-state index in [2.05, 4.69) is 28.8 Å². The maximum absolute atomic E-state index is 12.7. The predicted octanol–water partition coefficient (Wildman–Crippen LogP) is 1.50. The molecule has 0 radical (unpaired) electrons. The molecule has 1 aromatic heterocycles. The van der Waals surface area contributed by atoms with Crippen LogP contribution >= 0.6 is 0 Å². The van der Waals surface area contributed by atoms with Crippen LogP contribution in [0.2, 0.25) is 0 Å². The highest BCUT2D eigenvalue weighted by Crippen LogP contribution is 2.21. The molecule has 2 fully saturated rings. The van der Waals surface area contributed by atoms with Crippen LogP contribution in [0.5, 0.6) is 0 Å². The van der Waals surface area contributed by atoms with E-state index < -0.39 is 0 Å². The first-order valence-electron chi connectivity index (χ1n) is 8.73. The third-order valence-corrected chi connectivity index (χ3v) is 4.97. The molecule has 0 spiro atoms. The number of likely N-dealkylation sites (tertiary alicyclic amines) is 1. The van der Waals surface area contributed by atoms with Crippen molar-refractivity contribution in [2.75, 3.05) is 32.7 Å². The lowest BCUT2D eigenvalue weighted by atomic mass is 10.0. The molecule has 6 heteroatoms. The largest absolute Gasteiger partial charge is 0.360 e. The summed E-state index contributed by atoms with van der Waals surface area (Å²) in [6.07, 6.45) is 2.12. The average molecular weight is 320 g/mol. The second-order valence-corrected chi connectivity index (χ2v) is 7.03. The molecule has 0 aromatic carbocycles. The zero-order valence-corrected chi connectivity index (χ0v) is 14.5. The van der Waals surface area contributed by atoms with Gasteiger partial charge in [-0.25, -0.2) is 0 Å². The Kier molecular flexibility index (Phi) is 5.02. The van der Waals surface area contributed by atoms with Crippen molar-refractivity contribution in [1.82, 2.24) is 19.9 Å². The van der Waals surface area contributed by atoms with Crippen molar-refractivity contribution < 1.29 is 9.32 Å². The number of rotatable bonds is 4. The number of aryl methyl sites for hydroxylation is 1. The smallest absolute Gasteiger partial charge is 0.240 e. The summed E-state index contributed by atoms with van der Waals surface area (Å²) in [7, 11) is 0. The molecule has 1 aromatic rings. The molecule has 3 heterocycles. The van der Waals surface area contributed by atoms with Gasteiger partial charge in [-0.05, 0) is 33.6 Å². The van der Waals surface area contributed by atoms with Gasteiger partial charge >= 0.3 is 0 Å². The van der Waals surface area contributed by atoms with E-state index in [0.717, 1.165) is 63.6 Å². The van der Waals surface area contributed by atoms with E-state index in [1.54, 1.807) is 0 Å². The van der Waals surface area contributed by atoms with E-state index in [1.807, 2.05) is 17.9 Å². The van der Waals surface area contributed by atoms with Crippen LogP contribution in [0.25, 0.3) is 0 Å². The van der Waals surface area contributed by atoms with Crippen molar-refractivity contribution in [3.8, 4) is 0 Å². The molecule has 3 rings (SSSR count). The SMILES string of the molecule is Cc1cc(CN2CCN(C3CCCN(C(C)C)C3=O)CC2)on1. The summed E-state index contributed by atoms with van der Waals surface area (Å²) in [5, 5.41) is 3.94. The molecule has 2 saturated heterocycles. The molecule has 23 heavy (non-hydrogen) atoms. The highest BCUT2D eigenvalue weighted by molar-refractivity contribution is 5.82. The fraction of sp³-hybridized carbons (Fsp3) is 0.765. The zero-order valence-electron chi connectivity index (χ0n) is 14.5. The monoisotopic (exact) mass is 320 g/mol. The number of carbonyl (C=O) groups excluding carboxylic acids is 1. The second kappa shape index (κ2) is 7.01. The van der Waals surface area contributed by atoms with E-state index in [9.17, 15) is 4.79 Å². The Labute approximate surface area is 138 Å². The van der Waals surface area contributed by atoms with E-state index in [-0.39, 0.29) is 6.04 Å². The van der Waals surface area contributed by atoms with Gasteiger partial charge in [-0.2, -0.15) is 0 Å². The van der Waals surface area contributed by atoms with E-state index >= 15 is 0 Å². The third-order valence-electron chi connectivity index (χ3n) is 4.97. The minimum atomic E-state index is 0.0841. The Hall–Kier alpha value is -1.40. The molecule has 2 aliphatic heterocycles. The van der Waals surface area contributed by atoms with Crippen LogP contribution < -0.4 is 0 Å². The Morgan fingerprint density at radius 3 is 2.61 bits per heavy atom. The van der Waals surface area contributed by atoms with Crippen molar-refractivity contribution in [2.45, 2.75) is 52.2 Å². The molecule has 1 unspecified atom stereocenters. The van der Waals surface area contributed by atoms with Gasteiger partial charge in [-0.1, -0.05) is 5.16 Å². The lowest BCUT2D eigenvalue weighted by Gasteiger charge is -2.43. The summed E-state index contributed by atoms with van der Waals surface area (Å²) in [6, 6.07) is 2.39. The van der Waals surface area contributed by atoms with E-state index in [4.69, 9.17) is 4.52 Å². The summed E-state index contributed by atoms with van der Waals surface area (Å²) < 4.78 is 5.30. The molecule has 0 N–H and O–H groups in total. The van der Waals surface area contributed by atoms with Crippen molar-refractivity contribution in [1.29, 1.82) is 0 Å². The Balaban J connectivity index is 1.53. The van der Waals surface area contributed by atoms with E-state index in [0.29, 0.717) is 11.9 Å². The van der Waals surface area contributed by atoms with Crippen molar-refractivity contribution in [2.24, 2.45) is 0 Å². The van der Waals surface area contributed by atoms with Crippen molar-refractivity contribution in [3.63, 3.8) is 0 Å². The molecule has 0 saturated carbocycles. The quantitative estimate of drug-likeness (QED) is 0.841. The van der Waals surface area contributed by atoms with Crippen LogP contribution in [0.4, 0.5) is 0 Å². The van der Waals surface area contributed by atoms with Gasteiger partial charge in [0.1, 0.15) is 0 Å². The number of amides is 1. The number of hydrogen-bond acceptors (Lipinski definition) is 5. The molecule has 2 aliphatic rings. The molecule has 1 amide bonds. The summed E-state index contributed by atoms with van der Waals surface area (Å²) in [4.78, 5) is 19.5. The van der Waals surface area contributed by atoms with Crippen LogP contribution in [-0.4, -0.2) is 70.6 Å². The second-order valence-electron chi connectivity index (χ2n) is 7.03. The Bertz CT molecular complexity index is 534. The van der Waals surface area contributed by atoms with Crippen molar-refractivity contribution in [3.05, 3.63) is 17.5 Å². The maximum atomic E-state index is 12.7. The van der Waals surface area contributed by atoms with Gasteiger partial charge in [0.25, 0.3) is 0 Å². The van der Waals surface area contributed by atoms with Crippen LogP contribution in [0.1, 0.15) is 38.1 Å². The number of aromatic nitrogens is 1. The van der Waals surface area contributed by atoms with Gasteiger partial charge in [-0.15, -0.1) is 0 Å². The minimum absolute atomic E-state index is 0.0841. The van der Waals surface area contributed by atoms with Gasteiger partial charge in [0, 0.05) is 44.8 Å². The molecule has 0 aliphatic carbocycles. The molecular formula is C17H28N4O2. The summed E-state index contributed by atoms with van der Waals surface area (Å²) in [5.74, 6) is 1.25. The minimum Gasteiger partial charge on any atom is -0.360 e. The van der Waals surface area contributed by atoms with Gasteiger partial charge in [0.2, 0.25) is 5.91 Å². The molecule has 1 atom stereocenters. The number of piperazine rings is 1. The third kappa shape index (κ3) is 3.75. The fourth-order valence-corrected chi connectivity index (χ4v) is 3.68. The first kappa shape index (κ1) is 16.5. The highest BCUT2D eigenvalue weighted by Gasteiger charge is 2.35. The van der Waals surface area contributed by atoms with Crippen LogP contribution in [0, 0.1) is 6.92 Å². The topological polar surface area (TPSA) is 52.8 Å². The standard InChI is InChI=1S/C17H28N4O2/c1-13(2)21-6-4-5-16(17(21)22)20-9-7-19(8-10-20)12-15-11-14(3)18-23-15/h11,13,16H,4-10,12H2,1-3H3. The van der Waals surface area contributed by atoms with Crippen molar-refractivity contribution >= 4 is 5.91 Å². The van der Waals surface area contributed by atoms with Crippen LogP contribution in [0.15, 0.2) is 10.6 Å². The number of nitrogens with zero attached hydrogens (tertiary/aromatic N) is 4. The van der Waals surface area contributed by atoms with Crippen LogP contribution in [-0.2, 0) is 11.3 Å².